The van der Waals surface area contributed by atoms with Gasteiger partial charge in [0.25, 0.3) is 0 Å². The molecule has 0 N–H and O–H groups in total. The molecular weight excluding hydrogens is 305 g/mol. The van der Waals surface area contributed by atoms with Crippen LogP contribution >= 0.6 is 19.9 Å². The van der Waals surface area contributed by atoms with E-state index in [1.807, 2.05) is 19.9 Å². The summed E-state index contributed by atoms with van der Waals surface area (Å²) >= 11 is 0. The standard InChI is InChI=1S/C15H18ClF3S/c1-3-5-6-13-10-12-9-11(4-2)7-8-14(12)20(13,16)15(17,18)19/h7-10H,3-6H2,1-2H3. The van der Waals surface area contributed by atoms with Crippen LogP contribution in [-0.4, -0.2) is 5.51 Å². The lowest BCUT2D eigenvalue weighted by Gasteiger charge is -2.34. The largest absolute Gasteiger partial charge is 0.445 e. The molecule has 1 aromatic rings. The second kappa shape index (κ2) is 5.64. The molecule has 0 saturated carbocycles. The number of halogens is 4. The molecule has 0 bridgehead atoms. The van der Waals surface area contributed by atoms with Crippen LogP contribution in [0.25, 0.3) is 6.08 Å². The van der Waals surface area contributed by atoms with Crippen molar-refractivity contribution in [3.8, 4) is 0 Å². The molecular formula is C15H18ClF3S. The molecule has 5 heteroatoms. The molecule has 0 fully saturated rings. The molecule has 0 nitrogen and oxygen atoms in total. The Labute approximate surface area is 123 Å². The molecule has 1 unspecified atom stereocenters. The molecule has 0 spiro atoms. The van der Waals surface area contributed by atoms with Crippen molar-refractivity contribution in [3.63, 3.8) is 0 Å². The SMILES string of the molecule is CCCCC1=Cc2cc(CC)ccc2S1(Cl)C(F)(F)F. The second-order valence-electron chi connectivity index (χ2n) is 4.92. The lowest BCUT2D eigenvalue weighted by molar-refractivity contribution is -0.0359. The summed E-state index contributed by atoms with van der Waals surface area (Å²) in [7, 11) is 2.78. The molecule has 1 aliphatic heterocycles. The van der Waals surface area contributed by atoms with E-state index < -0.39 is 14.7 Å². The fraction of sp³-hybridized carbons (Fsp3) is 0.467. The monoisotopic (exact) mass is 322 g/mol. The molecule has 2 rings (SSSR count). The molecule has 1 heterocycles. The molecule has 1 aromatic carbocycles. The summed E-state index contributed by atoms with van der Waals surface area (Å²) in [6.07, 6.45) is 4.49. The average Bonchev–Trinajstić information content (AvgIpc) is 2.69. The highest BCUT2D eigenvalue weighted by atomic mass is 35.7. The molecule has 0 aromatic heterocycles. The number of hydrogen-bond acceptors (Lipinski definition) is 0. The Kier molecular flexibility index (Phi) is 4.45. The molecule has 1 aliphatic rings. The van der Waals surface area contributed by atoms with E-state index in [0.717, 1.165) is 24.8 Å². The Morgan fingerprint density at radius 3 is 2.45 bits per heavy atom. The Morgan fingerprint density at radius 1 is 1.20 bits per heavy atom. The maximum Gasteiger partial charge on any atom is 0.445 e. The van der Waals surface area contributed by atoms with Crippen molar-refractivity contribution in [1.29, 1.82) is 0 Å². The van der Waals surface area contributed by atoms with Gasteiger partial charge >= 0.3 is 5.51 Å². The van der Waals surface area contributed by atoms with Crippen LogP contribution in [0.3, 0.4) is 0 Å². The predicted octanol–water partition coefficient (Wildman–Crippen LogP) is 6.63. The van der Waals surface area contributed by atoms with Gasteiger partial charge in [0.1, 0.15) is 0 Å². The molecule has 112 valence electrons. The van der Waals surface area contributed by atoms with Gasteiger partial charge in [0.05, 0.1) is 0 Å². The van der Waals surface area contributed by atoms with E-state index in [1.165, 1.54) is 0 Å². The number of hydrogen-bond donors (Lipinski definition) is 0. The maximum atomic E-state index is 13.5. The zero-order chi connectivity index (χ0) is 15.0. The molecule has 0 aliphatic carbocycles. The third kappa shape index (κ3) is 2.48. The Morgan fingerprint density at radius 2 is 1.90 bits per heavy atom. The van der Waals surface area contributed by atoms with E-state index in [4.69, 9.17) is 10.7 Å². The van der Waals surface area contributed by atoms with Crippen LogP contribution in [0.15, 0.2) is 28.0 Å². The van der Waals surface area contributed by atoms with E-state index in [2.05, 4.69) is 0 Å². The Bertz CT molecular complexity index is 536. The van der Waals surface area contributed by atoms with Gasteiger partial charge in [0, 0.05) is 4.90 Å². The zero-order valence-electron chi connectivity index (χ0n) is 11.6. The minimum atomic E-state index is -4.40. The van der Waals surface area contributed by atoms with Gasteiger partial charge in [-0.15, -0.1) is 0 Å². The van der Waals surface area contributed by atoms with Crippen LogP contribution in [0.2, 0.25) is 0 Å². The van der Waals surface area contributed by atoms with Gasteiger partial charge < -0.3 is 0 Å². The maximum absolute atomic E-state index is 13.5. The van der Waals surface area contributed by atoms with Crippen LogP contribution in [0, 0.1) is 0 Å². The average molecular weight is 323 g/mol. The molecule has 0 radical (unpaired) electrons. The number of aryl methyl sites for hydroxylation is 1. The first-order chi connectivity index (χ1) is 9.34. The summed E-state index contributed by atoms with van der Waals surface area (Å²) in [4.78, 5) is 0.617. The van der Waals surface area contributed by atoms with E-state index in [0.29, 0.717) is 16.9 Å². The van der Waals surface area contributed by atoms with E-state index >= 15 is 0 Å². The van der Waals surface area contributed by atoms with Crippen molar-refractivity contribution in [1.82, 2.24) is 0 Å². The van der Waals surface area contributed by atoms with Crippen molar-refractivity contribution in [2.75, 3.05) is 0 Å². The summed E-state index contributed by atoms with van der Waals surface area (Å²) in [5, 5.41) is 0. The van der Waals surface area contributed by atoms with Crippen molar-refractivity contribution in [2.45, 2.75) is 49.9 Å². The third-order valence-corrected chi connectivity index (χ3v) is 7.84. The van der Waals surface area contributed by atoms with Gasteiger partial charge in [0.2, 0.25) is 0 Å². The minimum Gasteiger partial charge on any atom is -0.160 e. The highest BCUT2D eigenvalue weighted by molar-refractivity contribution is 8.54. The number of alkyl halides is 3. The fourth-order valence-corrected chi connectivity index (χ4v) is 5.45. The summed E-state index contributed by atoms with van der Waals surface area (Å²) in [5.41, 5.74) is -2.71. The Hall–Kier alpha value is -0.610. The number of benzene rings is 1. The second-order valence-corrected chi connectivity index (χ2v) is 8.81. The number of allylic oxidation sites excluding steroid dienone is 1. The van der Waals surface area contributed by atoms with Crippen molar-refractivity contribution < 1.29 is 13.2 Å². The normalized spacial score (nSPS) is 25.0. The summed E-state index contributed by atoms with van der Waals surface area (Å²) < 4.78 is 40.6. The van der Waals surface area contributed by atoms with E-state index in [9.17, 15) is 13.2 Å². The lowest BCUT2D eigenvalue weighted by Crippen LogP contribution is -2.16. The van der Waals surface area contributed by atoms with Crippen LogP contribution < -0.4 is 0 Å². The predicted molar refractivity (Wildman–Crippen MR) is 81.1 cm³/mol. The molecule has 20 heavy (non-hydrogen) atoms. The highest BCUT2D eigenvalue weighted by Gasteiger charge is 2.55. The zero-order valence-corrected chi connectivity index (χ0v) is 13.1. The van der Waals surface area contributed by atoms with Gasteiger partial charge in [-0.05, 0) is 67.4 Å². The minimum absolute atomic E-state index is 0.259. The number of fused-ring (bicyclic) bond motifs is 1. The van der Waals surface area contributed by atoms with Gasteiger partial charge in [-0.25, -0.2) is 0 Å². The van der Waals surface area contributed by atoms with Crippen LogP contribution in [0.1, 0.15) is 44.2 Å². The van der Waals surface area contributed by atoms with Crippen molar-refractivity contribution in [3.05, 3.63) is 34.2 Å². The molecule has 0 saturated heterocycles. The first-order valence-electron chi connectivity index (χ1n) is 6.77. The van der Waals surface area contributed by atoms with Crippen molar-refractivity contribution in [2.24, 2.45) is 0 Å². The third-order valence-electron chi connectivity index (χ3n) is 3.56. The lowest BCUT2D eigenvalue weighted by atomic mass is 10.1. The summed E-state index contributed by atoms with van der Waals surface area (Å²) in [5.74, 6) is 0. The fourth-order valence-electron chi connectivity index (χ4n) is 2.42. The van der Waals surface area contributed by atoms with Crippen LogP contribution in [-0.2, 0) is 6.42 Å². The number of unbranched alkanes of at least 4 members (excludes halogenated alkanes) is 1. The van der Waals surface area contributed by atoms with E-state index in [-0.39, 0.29) is 4.90 Å². The van der Waals surface area contributed by atoms with Gasteiger partial charge in [-0.2, -0.15) is 13.2 Å². The topological polar surface area (TPSA) is 0 Å². The first kappa shape index (κ1) is 15.8. The van der Waals surface area contributed by atoms with Crippen LogP contribution in [0.5, 0.6) is 0 Å². The smallest absolute Gasteiger partial charge is 0.160 e. The van der Waals surface area contributed by atoms with Gasteiger partial charge in [0.15, 0.2) is 0 Å². The quantitative estimate of drug-likeness (QED) is 0.583. The molecule has 0 amide bonds. The van der Waals surface area contributed by atoms with Crippen molar-refractivity contribution >= 4 is 26.0 Å². The van der Waals surface area contributed by atoms with Gasteiger partial charge in [-0.3, -0.25) is 0 Å². The number of rotatable bonds is 4. The summed E-state index contributed by atoms with van der Waals surface area (Å²) in [6, 6.07) is 5.16. The van der Waals surface area contributed by atoms with Gasteiger partial charge in [-0.1, -0.05) is 32.4 Å². The highest BCUT2D eigenvalue weighted by Crippen LogP contribution is 2.80. The van der Waals surface area contributed by atoms with E-state index in [1.54, 1.807) is 18.2 Å². The Balaban J connectivity index is 2.52. The summed E-state index contributed by atoms with van der Waals surface area (Å²) in [6.45, 7) is 3.96. The van der Waals surface area contributed by atoms with Crippen LogP contribution in [0.4, 0.5) is 13.2 Å². The molecule has 1 atom stereocenters. The first-order valence-corrected chi connectivity index (χ1v) is 9.23.